The molecule has 3 nitrogen and oxygen atoms in total. The van der Waals surface area contributed by atoms with Crippen LogP contribution >= 0.6 is 11.3 Å². The number of carbonyl (C=O) groups excluding carboxylic acids is 1. The first-order chi connectivity index (χ1) is 10.0. The van der Waals surface area contributed by atoms with Crippen molar-refractivity contribution >= 4 is 17.2 Å². The highest BCUT2D eigenvalue weighted by Crippen LogP contribution is 2.24. The van der Waals surface area contributed by atoms with Crippen molar-refractivity contribution < 1.29 is 4.79 Å². The predicted molar refractivity (Wildman–Crippen MR) is 88.5 cm³/mol. The van der Waals surface area contributed by atoms with Gasteiger partial charge in [-0.2, -0.15) is 0 Å². The Morgan fingerprint density at radius 1 is 1.29 bits per heavy atom. The molecule has 0 saturated carbocycles. The van der Waals surface area contributed by atoms with Crippen LogP contribution in [0.4, 0.5) is 0 Å². The van der Waals surface area contributed by atoms with Gasteiger partial charge in [-0.1, -0.05) is 43.7 Å². The van der Waals surface area contributed by atoms with E-state index in [-0.39, 0.29) is 5.91 Å². The topological polar surface area (TPSA) is 42.0 Å². The van der Waals surface area contributed by atoms with Crippen LogP contribution in [-0.2, 0) is 11.2 Å². The summed E-state index contributed by atoms with van der Waals surface area (Å²) in [6, 6.07) is 8.37. The van der Waals surface area contributed by atoms with Crippen molar-refractivity contribution in [3.8, 4) is 10.6 Å². The summed E-state index contributed by atoms with van der Waals surface area (Å²) in [5.74, 6) is 0.593. The fourth-order valence-electron chi connectivity index (χ4n) is 1.90. The fraction of sp³-hybridized carbons (Fsp3) is 0.412. The van der Waals surface area contributed by atoms with Crippen LogP contribution in [0, 0.1) is 12.8 Å². The lowest BCUT2D eigenvalue weighted by atomic mass is 10.1. The average molecular weight is 302 g/mol. The number of nitrogens with zero attached hydrogens (tertiary/aromatic N) is 1. The van der Waals surface area contributed by atoms with Gasteiger partial charge in [0.1, 0.15) is 5.01 Å². The van der Waals surface area contributed by atoms with E-state index in [2.05, 4.69) is 55.3 Å². The molecule has 1 aromatic heterocycles. The zero-order valence-electron chi connectivity index (χ0n) is 12.8. The number of rotatable bonds is 6. The lowest BCUT2D eigenvalue weighted by Crippen LogP contribution is -2.27. The van der Waals surface area contributed by atoms with Gasteiger partial charge in [0, 0.05) is 23.9 Å². The second kappa shape index (κ2) is 7.36. The smallest absolute Gasteiger partial charge is 0.220 e. The molecule has 21 heavy (non-hydrogen) atoms. The molecule has 112 valence electrons. The lowest BCUT2D eigenvalue weighted by Gasteiger charge is -2.06. The molecule has 4 heteroatoms. The van der Waals surface area contributed by atoms with Gasteiger partial charge >= 0.3 is 0 Å². The second-order valence-electron chi connectivity index (χ2n) is 5.71. The highest BCUT2D eigenvalue weighted by atomic mass is 32.1. The summed E-state index contributed by atoms with van der Waals surface area (Å²) >= 11 is 1.64. The maximum absolute atomic E-state index is 11.7. The summed E-state index contributed by atoms with van der Waals surface area (Å²) < 4.78 is 0. The third kappa shape index (κ3) is 4.97. The average Bonchev–Trinajstić information content (AvgIpc) is 2.92. The number of nitrogens with one attached hydrogen (secondary N) is 1. The van der Waals surface area contributed by atoms with Crippen molar-refractivity contribution in [1.82, 2.24) is 10.3 Å². The van der Waals surface area contributed by atoms with E-state index < -0.39 is 0 Å². The molecule has 1 N–H and O–H groups in total. The first-order valence-corrected chi connectivity index (χ1v) is 8.20. The molecule has 0 aliphatic carbocycles. The van der Waals surface area contributed by atoms with E-state index >= 15 is 0 Å². The number of amides is 1. The molecule has 0 saturated heterocycles. The van der Waals surface area contributed by atoms with Crippen molar-refractivity contribution in [2.75, 3.05) is 6.54 Å². The third-order valence-electron chi connectivity index (χ3n) is 3.17. The summed E-state index contributed by atoms with van der Waals surface area (Å²) in [7, 11) is 0. The fourth-order valence-corrected chi connectivity index (χ4v) is 2.76. The maximum Gasteiger partial charge on any atom is 0.220 e. The van der Waals surface area contributed by atoms with Gasteiger partial charge in [0.15, 0.2) is 0 Å². The van der Waals surface area contributed by atoms with E-state index in [1.165, 1.54) is 5.56 Å². The number of thiazole rings is 1. The normalized spacial score (nSPS) is 10.9. The van der Waals surface area contributed by atoms with Gasteiger partial charge < -0.3 is 5.32 Å². The maximum atomic E-state index is 11.7. The quantitative estimate of drug-likeness (QED) is 0.881. The first kappa shape index (κ1) is 15.7. The molecular weight excluding hydrogens is 280 g/mol. The highest BCUT2D eigenvalue weighted by molar-refractivity contribution is 7.13. The minimum atomic E-state index is 0.105. The van der Waals surface area contributed by atoms with Gasteiger partial charge in [-0.05, 0) is 19.3 Å². The van der Waals surface area contributed by atoms with Gasteiger partial charge in [0.05, 0.1) is 5.69 Å². The van der Waals surface area contributed by atoms with E-state index in [1.807, 2.05) is 5.38 Å². The van der Waals surface area contributed by atoms with Gasteiger partial charge in [-0.15, -0.1) is 11.3 Å². The molecule has 0 aliphatic rings. The zero-order valence-corrected chi connectivity index (χ0v) is 13.7. The molecule has 0 bridgehead atoms. The van der Waals surface area contributed by atoms with E-state index in [9.17, 15) is 4.79 Å². The zero-order chi connectivity index (χ0) is 15.2. The summed E-state index contributed by atoms with van der Waals surface area (Å²) in [6.45, 7) is 7.00. The molecule has 1 aromatic carbocycles. The molecule has 1 heterocycles. The minimum absolute atomic E-state index is 0.105. The van der Waals surface area contributed by atoms with E-state index in [0.717, 1.165) is 22.8 Å². The molecule has 0 aliphatic heterocycles. The lowest BCUT2D eigenvalue weighted by molar-refractivity contribution is -0.121. The largest absolute Gasteiger partial charge is 0.356 e. The minimum Gasteiger partial charge on any atom is -0.356 e. The summed E-state index contributed by atoms with van der Waals surface area (Å²) in [4.78, 5) is 16.3. The molecule has 0 spiro atoms. The van der Waals surface area contributed by atoms with Crippen LogP contribution in [0.2, 0.25) is 0 Å². The number of benzene rings is 1. The van der Waals surface area contributed by atoms with Crippen LogP contribution in [0.25, 0.3) is 10.6 Å². The van der Waals surface area contributed by atoms with Gasteiger partial charge in [0.25, 0.3) is 0 Å². The molecule has 0 atom stereocenters. The number of aromatic nitrogens is 1. The van der Waals surface area contributed by atoms with Gasteiger partial charge in [-0.3, -0.25) is 4.79 Å². The number of hydrogen-bond acceptors (Lipinski definition) is 3. The monoisotopic (exact) mass is 302 g/mol. The van der Waals surface area contributed by atoms with Gasteiger partial charge in [0.2, 0.25) is 5.91 Å². The Balaban J connectivity index is 1.88. The Kier molecular flexibility index (Phi) is 5.51. The van der Waals surface area contributed by atoms with Crippen LogP contribution in [-0.4, -0.2) is 17.4 Å². The van der Waals surface area contributed by atoms with Crippen LogP contribution in [0.15, 0.2) is 29.6 Å². The first-order valence-electron chi connectivity index (χ1n) is 7.32. The molecule has 0 fully saturated rings. The van der Waals surface area contributed by atoms with Crippen LogP contribution in [0.1, 0.15) is 31.5 Å². The van der Waals surface area contributed by atoms with E-state index in [1.54, 1.807) is 11.3 Å². The molecule has 1 amide bonds. The van der Waals surface area contributed by atoms with Crippen LogP contribution < -0.4 is 5.32 Å². The SMILES string of the molecule is Cc1ccc(-c2nc(CCC(=O)NCC(C)C)cs2)cc1. The van der Waals surface area contributed by atoms with Gasteiger partial charge in [-0.25, -0.2) is 4.98 Å². The Morgan fingerprint density at radius 2 is 2.00 bits per heavy atom. The molecule has 2 aromatic rings. The van der Waals surface area contributed by atoms with E-state index in [4.69, 9.17) is 0 Å². The van der Waals surface area contributed by atoms with Crippen molar-refractivity contribution in [1.29, 1.82) is 0 Å². The van der Waals surface area contributed by atoms with Crippen LogP contribution in [0.3, 0.4) is 0 Å². The molecule has 0 unspecified atom stereocenters. The van der Waals surface area contributed by atoms with Crippen molar-refractivity contribution in [3.05, 3.63) is 40.9 Å². The summed E-state index contributed by atoms with van der Waals surface area (Å²) in [6.07, 6.45) is 1.20. The molecular formula is C17H22N2OS. The van der Waals surface area contributed by atoms with Crippen LogP contribution in [0.5, 0.6) is 0 Å². The highest BCUT2D eigenvalue weighted by Gasteiger charge is 2.07. The van der Waals surface area contributed by atoms with Crippen molar-refractivity contribution in [2.45, 2.75) is 33.6 Å². The number of aryl methyl sites for hydroxylation is 2. The Morgan fingerprint density at radius 3 is 2.67 bits per heavy atom. The summed E-state index contributed by atoms with van der Waals surface area (Å²) in [5.41, 5.74) is 3.38. The Hall–Kier alpha value is -1.68. The van der Waals surface area contributed by atoms with Crippen molar-refractivity contribution in [2.24, 2.45) is 5.92 Å². The summed E-state index contributed by atoms with van der Waals surface area (Å²) in [5, 5.41) is 6.00. The molecule has 0 radical (unpaired) electrons. The number of carbonyl (C=O) groups is 1. The standard InChI is InChI=1S/C17H22N2OS/c1-12(2)10-18-16(20)9-8-15-11-21-17(19-15)14-6-4-13(3)5-7-14/h4-7,11-12H,8-10H2,1-3H3,(H,18,20). The van der Waals surface area contributed by atoms with Crippen molar-refractivity contribution in [3.63, 3.8) is 0 Å². The third-order valence-corrected chi connectivity index (χ3v) is 4.11. The Bertz CT molecular complexity index is 587. The molecule has 2 rings (SSSR count). The Labute approximate surface area is 130 Å². The second-order valence-corrected chi connectivity index (χ2v) is 6.57. The number of hydrogen-bond donors (Lipinski definition) is 1. The predicted octanol–water partition coefficient (Wildman–Crippen LogP) is 3.82. The van der Waals surface area contributed by atoms with E-state index in [0.29, 0.717) is 18.8 Å².